The average molecular weight is 520 g/mol. The van der Waals surface area contributed by atoms with Crippen molar-refractivity contribution in [3.63, 3.8) is 0 Å². The van der Waals surface area contributed by atoms with Crippen molar-refractivity contribution < 1.29 is 19.3 Å². The zero-order valence-corrected chi connectivity index (χ0v) is 23.4. The molecule has 0 spiro atoms. The molecule has 7 rings (SSSR count). The minimum atomic E-state index is -0.610. The first-order valence-electron chi connectivity index (χ1n) is 14.8. The molecule has 38 heavy (non-hydrogen) atoms. The molecule has 2 aromatic carbocycles. The van der Waals surface area contributed by atoms with Crippen molar-refractivity contribution in [2.75, 3.05) is 13.2 Å². The summed E-state index contributed by atoms with van der Waals surface area (Å²) < 4.78 is 17.9. The molecule has 5 nitrogen and oxygen atoms in total. The molecule has 4 bridgehead atoms. The first-order chi connectivity index (χ1) is 18.2. The molecular formula is C33H45NO4. The molecule has 2 aromatic rings. The predicted molar refractivity (Wildman–Crippen MR) is 149 cm³/mol. The quantitative estimate of drug-likeness (QED) is 0.372. The van der Waals surface area contributed by atoms with Crippen LogP contribution in [0.5, 0.6) is 11.5 Å². The fourth-order valence-corrected chi connectivity index (χ4v) is 8.17. The van der Waals surface area contributed by atoms with E-state index >= 15 is 0 Å². The molecule has 0 amide bonds. The molecule has 5 heteroatoms. The zero-order chi connectivity index (χ0) is 26.3. The van der Waals surface area contributed by atoms with Crippen molar-refractivity contribution in [2.45, 2.75) is 96.7 Å². The summed E-state index contributed by atoms with van der Waals surface area (Å²) in [6.07, 6.45) is 10.4. The van der Waals surface area contributed by atoms with Gasteiger partial charge < -0.3 is 24.6 Å². The van der Waals surface area contributed by atoms with Gasteiger partial charge >= 0.3 is 0 Å². The fraction of sp³-hybridized carbons (Fsp3) is 0.636. The molecule has 206 valence electrons. The average Bonchev–Trinajstić information content (AvgIpc) is 2.86. The van der Waals surface area contributed by atoms with Gasteiger partial charge in [0, 0.05) is 32.0 Å². The van der Waals surface area contributed by atoms with Crippen LogP contribution in [-0.2, 0) is 17.8 Å². The lowest BCUT2D eigenvalue weighted by Crippen LogP contribution is -2.46. The number of nitrogens with one attached hydrogen (secondary N) is 1. The Balaban J connectivity index is 0.968. The van der Waals surface area contributed by atoms with E-state index in [2.05, 4.69) is 36.5 Å². The lowest BCUT2D eigenvalue weighted by atomic mass is 9.49. The van der Waals surface area contributed by atoms with Crippen molar-refractivity contribution in [3.05, 3.63) is 59.2 Å². The highest BCUT2D eigenvalue weighted by atomic mass is 16.7. The number of fused-ring (bicyclic) bond motifs is 1. The molecule has 0 saturated heterocycles. The molecule has 2 N–H and O–H groups in total. The Morgan fingerprint density at radius 3 is 2.50 bits per heavy atom. The summed E-state index contributed by atoms with van der Waals surface area (Å²) in [5.74, 6) is 4.21. The summed E-state index contributed by atoms with van der Waals surface area (Å²) >= 11 is 0. The van der Waals surface area contributed by atoms with Gasteiger partial charge in [0.05, 0.1) is 19.3 Å². The molecule has 4 fully saturated rings. The summed E-state index contributed by atoms with van der Waals surface area (Å²) in [5, 5.41) is 14.3. The second-order valence-corrected chi connectivity index (χ2v) is 13.4. The van der Waals surface area contributed by atoms with Crippen molar-refractivity contribution in [1.82, 2.24) is 5.32 Å². The monoisotopic (exact) mass is 519 g/mol. The maximum atomic E-state index is 10.8. The number of rotatable bonds is 10. The van der Waals surface area contributed by atoms with Crippen LogP contribution < -0.4 is 14.8 Å². The number of hydrogen-bond donors (Lipinski definition) is 2. The van der Waals surface area contributed by atoms with Crippen LogP contribution in [0.4, 0.5) is 0 Å². The summed E-state index contributed by atoms with van der Waals surface area (Å²) in [6.45, 7) is 7.82. The second-order valence-electron chi connectivity index (χ2n) is 13.4. The molecule has 1 aliphatic heterocycles. The van der Waals surface area contributed by atoms with E-state index in [4.69, 9.17) is 14.2 Å². The highest BCUT2D eigenvalue weighted by Crippen LogP contribution is 2.61. The molecule has 2 atom stereocenters. The SMILES string of the molecule is CC(Cc1cccc(OCCC23CC4CC(CC(C4)C2)C3)c1)NCC(O)c1ccc2c(c1)COC(C)(C)O2. The number of hydrogen-bond acceptors (Lipinski definition) is 5. The number of ether oxygens (including phenoxy) is 3. The van der Waals surface area contributed by atoms with Gasteiger partial charge in [0.2, 0.25) is 5.79 Å². The third-order valence-corrected chi connectivity index (χ3v) is 9.57. The van der Waals surface area contributed by atoms with E-state index in [9.17, 15) is 5.11 Å². The first kappa shape index (κ1) is 26.2. The van der Waals surface area contributed by atoms with Crippen molar-refractivity contribution >= 4 is 0 Å². The van der Waals surface area contributed by atoms with E-state index in [1.165, 1.54) is 50.5 Å². The lowest BCUT2D eigenvalue weighted by Gasteiger charge is -2.57. The van der Waals surface area contributed by atoms with Gasteiger partial charge in [0.15, 0.2) is 0 Å². The van der Waals surface area contributed by atoms with Crippen molar-refractivity contribution in [3.8, 4) is 11.5 Å². The van der Waals surface area contributed by atoms with Crippen LogP contribution >= 0.6 is 0 Å². The largest absolute Gasteiger partial charge is 0.494 e. The van der Waals surface area contributed by atoms with Gasteiger partial charge in [-0.1, -0.05) is 18.2 Å². The van der Waals surface area contributed by atoms with Crippen molar-refractivity contribution in [1.29, 1.82) is 0 Å². The van der Waals surface area contributed by atoms with Crippen LogP contribution in [0, 0.1) is 23.2 Å². The Labute approximate surface area is 228 Å². The molecule has 2 unspecified atom stereocenters. The Hall–Kier alpha value is -2.08. The van der Waals surface area contributed by atoms with Crippen LogP contribution in [0.15, 0.2) is 42.5 Å². The predicted octanol–water partition coefficient (Wildman–Crippen LogP) is 6.57. The van der Waals surface area contributed by atoms with Crippen molar-refractivity contribution in [2.24, 2.45) is 23.2 Å². The van der Waals surface area contributed by atoms with Crippen LogP contribution in [-0.4, -0.2) is 30.1 Å². The summed E-state index contributed by atoms with van der Waals surface area (Å²) in [4.78, 5) is 0. The Morgan fingerprint density at radius 1 is 1.03 bits per heavy atom. The smallest absolute Gasteiger partial charge is 0.205 e. The van der Waals surface area contributed by atoms with Gasteiger partial charge in [-0.25, -0.2) is 0 Å². The standard InChI is InChI=1S/C33H45NO4/c1-22(34-20-30(35)27-7-8-31-28(16-27)21-37-32(2,3)38-31)11-23-5-4-6-29(15-23)36-10-9-33-17-24-12-25(18-33)14-26(13-24)19-33/h4-8,15-16,22,24-26,30,34-35H,9-14,17-21H2,1-3H3. The Kier molecular flexibility index (Phi) is 7.21. The van der Waals surface area contributed by atoms with Gasteiger partial charge in [-0.2, -0.15) is 0 Å². The number of aliphatic hydroxyl groups excluding tert-OH is 1. The van der Waals surface area contributed by atoms with Crippen LogP contribution in [0.2, 0.25) is 0 Å². The van der Waals surface area contributed by atoms with E-state index in [1.54, 1.807) is 0 Å². The van der Waals surface area contributed by atoms with Gasteiger partial charge in [0.1, 0.15) is 11.5 Å². The van der Waals surface area contributed by atoms with Gasteiger partial charge in [0.25, 0.3) is 0 Å². The molecule has 5 aliphatic rings. The summed E-state index contributed by atoms with van der Waals surface area (Å²) in [7, 11) is 0. The van der Waals surface area contributed by atoms with Gasteiger partial charge in [-0.15, -0.1) is 0 Å². The number of aliphatic hydroxyl groups is 1. The topological polar surface area (TPSA) is 60.0 Å². The normalized spacial score (nSPS) is 30.4. The third-order valence-electron chi connectivity index (χ3n) is 9.57. The Bertz CT molecular complexity index is 1090. The van der Waals surface area contributed by atoms with E-state index in [0.29, 0.717) is 18.6 Å². The van der Waals surface area contributed by atoms with Crippen LogP contribution in [0.25, 0.3) is 0 Å². The summed E-state index contributed by atoms with van der Waals surface area (Å²) in [6, 6.07) is 14.7. The van der Waals surface area contributed by atoms with Gasteiger partial charge in [-0.3, -0.25) is 0 Å². The molecule has 0 aromatic heterocycles. The Morgan fingerprint density at radius 2 is 1.76 bits per heavy atom. The van der Waals surface area contributed by atoms with E-state index in [0.717, 1.165) is 53.4 Å². The van der Waals surface area contributed by atoms with E-state index in [1.807, 2.05) is 32.0 Å². The molecular weight excluding hydrogens is 474 g/mol. The van der Waals surface area contributed by atoms with Crippen LogP contribution in [0.1, 0.15) is 88.5 Å². The fourth-order valence-electron chi connectivity index (χ4n) is 8.17. The minimum absolute atomic E-state index is 0.233. The zero-order valence-electron chi connectivity index (χ0n) is 23.4. The lowest BCUT2D eigenvalue weighted by molar-refractivity contribution is -0.180. The highest BCUT2D eigenvalue weighted by Gasteiger charge is 2.50. The maximum absolute atomic E-state index is 10.8. The van der Waals surface area contributed by atoms with E-state index in [-0.39, 0.29) is 6.04 Å². The molecule has 1 heterocycles. The first-order valence-corrected chi connectivity index (χ1v) is 14.8. The van der Waals surface area contributed by atoms with Gasteiger partial charge in [-0.05, 0) is 117 Å². The molecule has 0 radical (unpaired) electrons. The minimum Gasteiger partial charge on any atom is -0.494 e. The van der Waals surface area contributed by atoms with Crippen LogP contribution in [0.3, 0.4) is 0 Å². The number of benzene rings is 2. The van der Waals surface area contributed by atoms with E-state index < -0.39 is 11.9 Å². The maximum Gasteiger partial charge on any atom is 0.205 e. The molecule has 4 aliphatic carbocycles. The second kappa shape index (κ2) is 10.5. The highest BCUT2D eigenvalue weighted by molar-refractivity contribution is 5.39. The molecule has 4 saturated carbocycles. The summed E-state index contributed by atoms with van der Waals surface area (Å²) in [5.41, 5.74) is 3.69. The third kappa shape index (κ3) is 5.90.